The van der Waals surface area contributed by atoms with Crippen molar-refractivity contribution in [3.8, 4) is 11.3 Å². The lowest BCUT2D eigenvalue weighted by atomic mass is 10.2. The third-order valence-corrected chi connectivity index (χ3v) is 4.95. The Labute approximate surface area is 154 Å². The van der Waals surface area contributed by atoms with Gasteiger partial charge in [-0.1, -0.05) is 53.7 Å². The van der Waals surface area contributed by atoms with E-state index in [9.17, 15) is 4.79 Å². The molecule has 0 saturated carbocycles. The van der Waals surface area contributed by atoms with Crippen LogP contribution < -0.4 is 0 Å². The Balaban J connectivity index is 1.56. The summed E-state index contributed by atoms with van der Waals surface area (Å²) in [5.41, 5.74) is 1.87. The second kappa shape index (κ2) is 6.75. The average Bonchev–Trinajstić information content (AvgIpc) is 3.24. The molecule has 2 aromatic carbocycles. The number of hydrogen-bond acceptors (Lipinski definition) is 3. The normalized spacial score (nSPS) is 15.6. The van der Waals surface area contributed by atoms with Gasteiger partial charge in [0.2, 0.25) is 0 Å². The maximum absolute atomic E-state index is 12.1. The van der Waals surface area contributed by atoms with Crippen molar-refractivity contribution < 1.29 is 9.21 Å². The van der Waals surface area contributed by atoms with Crippen LogP contribution in [0, 0.1) is 0 Å². The van der Waals surface area contributed by atoms with Gasteiger partial charge in [-0.15, -0.1) is 0 Å². The molecule has 0 saturated heterocycles. The molecule has 4 rings (SSSR count). The van der Waals surface area contributed by atoms with Gasteiger partial charge in [-0.25, -0.2) is 4.99 Å². The van der Waals surface area contributed by atoms with Gasteiger partial charge in [0.05, 0.1) is 4.91 Å². The molecule has 1 aliphatic rings. The van der Waals surface area contributed by atoms with E-state index in [1.54, 1.807) is 6.08 Å². The number of carbonyl (C=O) groups excluding carboxylic acids is 1. The fraction of sp³-hybridized carbons (Fsp3) is 0. The molecular weight excluding hydrogens is 354 g/mol. The predicted octanol–water partition coefficient (Wildman–Crippen LogP) is 5.66. The standard InChI is InChI=1S/C20H12ClNO2S/c21-15-8-6-13(7-9-15)17-11-10-16(24-17)12-18-19(23)22-20(25-18)14-4-2-1-3-5-14/h1-12H/b18-12+. The molecule has 0 N–H and O–H groups in total. The Kier molecular flexibility index (Phi) is 4.30. The van der Waals surface area contributed by atoms with Crippen molar-refractivity contribution in [2.75, 3.05) is 0 Å². The molecule has 1 amide bonds. The number of furan rings is 1. The third-order valence-electron chi connectivity index (χ3n) is 3.67. The van der Waals surface area contributed by atoms with Gasteiger partial charge in [0.25, 0.3) is 5.91 Å². The van der Waals surface area contributed by atoms with Crippen molar-refractivity contribution in [3.05, 3.63) is 88.0 Å². The van der Waals surface area contributed by atoms with Crippen LogP contribution in [0.4, 0.5) is 0 Å². The van der Waals surface area contributed by atoms with Gasteiger partial charge >= 0.3 is 0 Å². The van der Waals surface area contributed by atoms with Crippen LogP contribution in [0.3, 0.4) is 0 Å². The summed E-state index contributed by atoms with van der Waals surface area (Å²) in [7, 11) is 0. The van der Waals surface area contributed by atoms with E-state index >= 15 is 0 Å². The van der Waals surface area contributed by atoms with E-state index in [1.165, 1.54) is 11.8 Å². The molecule has 0 fully saturated rings. The molecule has 0 unspecified atom stereocenters. The number of thioether (sulfide) groups is 1. The molecule has 0 bridgehead atoms. The van der Waals surface area contributed by atoms with Crippen LogP contribution in [-0.2, 0) is 4.79 Å². The highest BCUT2D eigenvalue weighted by molar-refractivity contribution is 8.19. The summed E-state index contributed by atoms with van der Waals surface area (Å²) in [5.74, 6) is 1.10. The van der Waals surface area contributed by atoms with Crippen LogP contribution in [0.15, 0.2) is 81.0 Å². The van der Waals surface area contributed by atoms with E-state index < -0.39 is 0 Å². The van der Waals surface area contributed by atoms with E-state index in [2.05, 4.69) is 4.99 Å². The van der Waals surface area contributed by atoms with Crippen LogP contribution in [0.1, 0.15) is 11.3 Å². The molecule has 25 heavy (non-hydrogen) atoms. The summed E-state index contributed by atoms with van der Waals surface area (Å²) in [6, 6.07) is 20.8. The monoisotopic (exact) mass is 365 g/mol. The van der Waals surface area contributed by atoms with Gasteiger partial charge < -0.3 is 4.42 Å². The zero-order chi connectivity index (χ0) is 17.2. The Hall–Kier alpha value is -2.56. The summed E-state index contributed by atoms with van der Waals surface area (Å²) in [6.07, 6.45) is 1.73. The van der Waals surface area contributed by atoms with Crippen LogP contribution in [0.25, 0.3) is 17.4 Å². The van der Waals surface area contributed by atoms with E-state index in [4.69, 9.17) is 16.0 Å². The highest BCUT2D eigenvalue weighted by Crippen LogP contribution is 2.33. The van der Waals surface area contributed by atoms with Gasteiger partial charge in [0.1, 0.15) is 16.6 Å². The van der Waals surface area contributed by atoms with Crippen molar-refractivity contribution in [2.45, 2.75) is 0 Å². The molecule has 0 atom stereocenters. The second-order valence-electron chi connectivity index (χ2n) is 5.41. The number of carbonyl (C=O) groups is 1. The molecule has 3 aromatic rings. The topological polar surface area (TPSA) is 42.6 Å². The van der Waals surface area contributed by atoms with Gasteiger partial charge in [0, 0.05) is 22.2 Å². The molecule has 5 heteroatoms. The fourth-order valence-electron chi connectivity index (χ4n) is 2.44. The summed E-state index contributed by atoms with van der Waals surface area (Å²) >= 11 is 7.26. The van der Waals surface area contributed by atoms with E-state index in [-0.39, 0.29) is 5.91 Å². The maximum Gasteiger partial charge on any atom is 0.285 e. The minimum absolute atomic E-state index is 0.242. The van der Waals surface area contributed by atoms with E-state index in [1.807, 2.05) is 66.7 Å². The fourth-order valence-corrected chi connectivity index (χ4v) is 3.47. The molecule has 1 aromatic heterocycles. The lowest BCUT2D eigenvalue weighted by Crippen LogP contribution is -1.89. The van der Waals surface area contributed by atoms with Crippen molar-refractivity contribution in [1.82, 2.24) is 0 Å². The average molecular weight is 366 g/mol. The molecule has 3 nitrogen and oxygen atoms in total. The Morgan fingerprint density at radius 3 is 2.44 bits per heavy atom. The first kappa shape index (κ1) is 15.9. The van der Waals surface area contributed by atoms with Crippen molar-refractivity contribution in [3.63, 3.8) is 0 Å². The first-order chi connectivity index (χ1) is 12.2. The first-order valence-electron chi connectivity index (χ1n) is 7.63. The van der Waals surface area contributed by atoms with Crippen LogP contribution >= 0.6 is 23.4 Å². The SMILES string of the molecule is O=C1N=C(c2ccccc2)S/C1=C/c1ccc(-c2ccc(Cl)cc2)o1. The number of nitrogens with zero attached hydrogens (tertiary/aromatic N) is 1. The zero-order valence-electron chi connectivity index (χ0n) is 13.0. The summed E-state index contributed by atoms with van der Waals surface area (Å²) in [4.78, 5) is 16.8. The van der Waals surface area contributed by atoms with Crippen molar-refractivity contribution in [2.24, 2.45) is 4.99 Å². The third kappa shape index (κ3) is 3.45. The quantitative estimate of drug-likeness (QED) is 0.562. The molecular formula is C20H12ClNO2S. The number of benzene rings is 2. The second-order valence-corrected chi connectivity index (χ2v) is 6.87. The zero-order valence-corrected chi connectivity index (χ0v) is 14.6. The van der Waals surface area contributed by atoms with Crippen molar-refractivity contribution in [1.29, 1.82) is 0 Å². The lowest BCUT2D eigenvalue weighted by Gasteiger charge is -1.98. The molecule has 1 aliphatic heterocycles. The smallest absolute Gasteiger partial charge is 0.285 e. The van der Waals surface area contributed by atoms with Gasteiger partial charge in [-0.3, -0.25) is 4.79 Å². The predicted molar refractivity (Wildman–Crippen MR) is 103 cm³/mol. The largest absolute Gasteiger partial charge is 0.457 e. The van der Waals surface area contributed by atoms with Crippen LogP contribution in [0.5, 0.6) is 0 Å². The number of amides is 1. The minimum Gasteiger partial charge on any atom is -0.457 e. The number of hydrogen-bond donors (Lipinski definition) is 0. The molecule has 2 heterocycles. The number of aliphatic imine (C=N–C) groups is 1. The van der Waals surface area contributed by atoms with Gasteiger partial charge in [-0.2, -0.15) is 0 Å². The molecule has 0 radical (unpaired) electrons. The Bertz CT molecular complexity index is 988. The highest BCUT2D eigenvalue weighted by Gasteiger charge is 2.23. The van der Waals surface area contributed by atoms with Gasteiger partial charge in [-0.05, 0) is 36.4 Å². The molecule has 122 valence electrons. The minimum atomic E-state index is -0.242. The van der Waals surface area contributed by atoms with Crippen molar-refractivity contribution >= 4 is 40.4 Å². The number of halogens is 1. The summed E-state index contributed by atoms with van der Waals surface area (Å²) in [5, 5.41) is 1.39. The molecule has 0 aliphatic carbocycles. The summed E-state index contributed by atoms with van der Waals surface area (Å²) in [6.45, 7) is 0. The lowest BCUT2D eigenvalue weighted by molar-refractivity contribution is -0.113. The Morgan fingerprint density at radius 1 is 0.920 bits per heavy atom. The Morgan fingerprint density at radius 2 is 1.68 bits per heavy atom. The number of rotatable bonds is 3. The summed E-state index contributed by atoms with van der Waals surface area (Å²) < 4.78 is 5.82. The molecule has 0 spiro atoms. The highest BCUT2D eigenvalue weighted by atomic mass is 35.5. The van der Waals surface area contributed by atoms with E-state index in [0.29, 0.717) is 20.7 Å². The first-order valence-corrected chi connectivity index (χ1v) is 8.82. The maximum atomic E-state index is 12.1. The van der Waals surface area contributed by atoms with Crippen LogP contribution in [-0.4, -0.2) is 11.0 Å². The van der Waals surface area contributed by atoms with E-state index in [0.717, 1.165) is 16.9 Å². The van der Waals surface area contributed by atoms with Crippen LogP contribution in [0.2, 0.25) is 5.02 Å². The van der Waals surface area contributed by atoms with Gasteiger partial charge in [0.15, 0.2) is 0 Å².